The van der Waals surface area contributed by atoms with Crippen LogP contribution in [0.5, 0.6) is 0 Å². The SMILES string of the molecule is O=C(O)[C@@H]1O[C@@H](O[C@H]2[C@H](O)[C@@H](COS(=O)(=O)O)O[C@H](O[C@H]3[C@H](O)[C@@H](OS(=O)(=O)O)[C@H](O[C@H]4[C@H](O)[C@@H](NS(=O)(=O)O)[C@@H](O[C@H]5[C@H](O)[C@@H](OS(=O)(=O)O)[C@H](O[C@H]6[C@H](O)[C@@H](NS(=O)(=O)O)[C@@H](O[C@H]7[C@H](O)[C@@H](OS(=O)(=O)O)[C@H](O[C@H]8[C@H](O)[C@@H](NS(=O)(=O)O)[C@@H](O)O[C@@H]8COS(=O)(=O)O)O[C@H]7C(=O)O)O[C@@H]6COS(=O)(=O)O)O[C@H]5C(=O)O)O[C@@H]4COS(=O)(=O)O)O[C@H]3C(=O)O)[C@@H]2NS(=O)(=O)O)[C@H](OS(=O)(=O)O)[C@@H](O)[C@@H]1O. The second-order valence-electron chi connectivity index (χ2n) is 29.1. The maximum Gasteiger partial charge on any atom is 0.397 e. The number of ether oxygens (including phenoxy) is 15. The van der Waals surface area contributed by atoms with Gasteiger partial charge in [-0.25, -0.2) is 52.6 Å². The molecule has 141 heavy (non-hydrogen) atoms. The molecule has 0 spiro atoms. The van der Waals surface area contributed by atoms with Crippen molar-refractivity contribution < 1.29 is 351 Å². The minimum absolute atomic E-state index is 1.04. The molecular formula is C48H78N4O77S12. The summed E-state index contributed by atoms with van der Waals surface area (Å²) in [5, 5.41) is 157. The monoisotopic (exact) mass is 2330 g/mol. The lowest BCUT2D eigenvalue weighted by atomic mass is 9.94. The van der Waals surface area contributed by atoms with Crippen LogP contribution in [0.1, 0.15) is 0 Å². The Hall–Kier alpha value is -4.68. The summed E-state index contributed by atoms with van der Waals surface area (Å²) < 4.78 is 532. The number of hydrogen-bond acceptors (Lipinski definition) is 61. The van der Waals surface area contributed by atoms with Gasteiger partial charge in [0.2, 0.25) is 0 Å². The van der Waals surface area contributed by atoms with Gasteiger partial charge in [0.25, 0.3) is 0 Å². The van der Waals surface area contributed by atoms with Crippen molar-refractivity contribution in [1.82, 2.24) is 18.9 Å². The first-order valence-electron chi connectivity index (χ1n) is 36.4. The average molecular weight is 2330 g/mol. The fraction of sp³-hybridized carbons (Fsp3) is 0.917. The number of hydrogen-bond donors (Lipinski definition) is 30. The van der Waals surface area contributed by atoms with Crippen molar-refractivity contribution in [3.8, 4) is 0 Å². The molecule has 0 aromatic carbocycles. The van der Waals surface area contributed by atoms with Crippen LogP contribution >= 0.6 is 0 Å². The lowest BCUT2D eigenvalue weighted by Crippen LogP contribution is -2.72. The van der Waals surface area contributed by atoms with Crippen LogP contribution in [-0.2, 0) is 248 Å². The second kappa shape index (κ2) is 46.0. The first-order chi connectivity index (χ1) is 63.8. The highest BCUT2D eigenvalue weighted by Crippen LogP contribution is 2.42. The third-order valence-corrected chi connectivity index (χ3v) is 25.3. The van der Waals surface area contributed by atoms with Gasteiger partial charge < -0.3 is 143 Å². The van der Waals surface area contributed by atoms with E-state index in [0.29, 0.717) is 0 Å². The van der Waals surface area contributed by atoms with E-state index in [0.717, 1.165) is 18.9 Å². The molecule has 0 unspecified atom stereocenters. The lowest BCUT2D eigenvalue weighted by molar-refractivity contribution is -0.378. The number of carboxylic acids is 4. The van der Waals surface area contributed by atoms with Crippen LogP contribution in [0.4, 0.5) is 0 Å². The predicted molar refractivity (Wildman–Crippen MR) is 400 cm³/mol. The van der Waals surface area contributed by atoms with Crippen molar-refractivity contribution >= 4 is 148 Å². The summed E-state index contributed by atoms with van der Waals surface area (Å²) in [6.07, 6.45) is -117. The Morgan fingerprint density at radius 3 is 0.702 bits per heavy atom. The van der Waals surface area contributed by atoms with E-state index in [2.05, 4.69) is 33.5 Å². The van der Waals surface area contributed by atoms with E-state index in [-0.39, 0.29) is 0 Å². The van der Waals surface area contributed by atoms with Crippen molar-refractivity contribution in [3.05, 3.63) is 0 Å². The Morgan fingerprint density at radius 1 is 0.213 bits per heavy atom. The van der Waals surface area contributed by atoms with E-state index in [9.17, 15) is 246 Å². The summed E-state index contributed by atoms with van der Waals surface area (Å²) in [5.41, 5.74) is 0. The zero-order valence-corrected chi connectivity index (χ0v) is 77.1. The minimum atomic E-state index is -6.53. The zero-order valence-electron chi connectivity index (χ0n) is 67.3. The van der Waals surface area contributed by atoms with Crippen LogP contribution in [-0.4, -0.2) is 523 Å². The standard InChI is InChI=1S/C48H78N4O77S12/c53-13-5(1-107-134(83,84)85)112-44(12(52-133(80,81)82)25(13)118-45-30(126-138(95,96)97)18(58)17(57)29(122-45)37(62)63)121-28-21(61)33(129-141(104,105)106)48(125-36(28)40(68)69)117-24-8(4-110-137(92,93)94)114-43(11(16(24)56)51-132(77,78)79)120-27-20(60)32(128-140(101,102)103)47(124-35(27)39(66)67)116-23-7(3-109-136(89,90)91)113-42(10(15(23)55)50-131(74,75)76)119-26-19(59)31(127-139(98,99)100)46(123-34(26)38(64)65)115-22-6(2-108-135(86,87)88)111-41(70)9(14(22)54)49-130(71,72)73/h5-36,41-61,70H,1-4H2,(H,62,63)(H,64,65)(H,66,67)(H,68,69)(H,71,72,73)(H,74,75,76)(H,77,78,79)(H,80,81,82)(H,83,84,85)(H,86,87,88)(H,89,90,91)(H,92,93,94)(H,95,96,97)(H,98,99,100)(H,101,102,103)(H,104,105,106)/t5-,6-,7-,8-,9-,10-,11-,12-,13-,14-,15-,16-,17+,18+,19+,20+,21+,22-,23-,24-,25-,26+,27+,28+,29-,30-,31-,32-,33-,34-,35-,36-,41+,42-,43-,44-,45-,46-,47-,48-/m1/s1. The molecule has 824 valence electrons. The van der Waals surface area contributed by atoms with Gasteiger partial charge in [-0.1, -0.05) is 0 Å². The van der Waals surface area contributed by atoms with Crippen LogP contribution in [0.2, 0.25) is 0 Å². The fourth-order valence-electron chi connectivity index (χ4n) is 14.1. The third-order valence-electron chi connectivity index (χ3n) is 19.4. The molecule has 0 bridgehead atoms. The number of carboxylic acid groups (broad SMARTS) is 4. The largest absolute Gasteiger partial charge is 0.479 e. The molecule has 8 rings (SSSR count). The molecule has 8 saturated heterocycles. The van der Waals surface area contributed by atoms with E-state index in [4.69, 9.17) is 71.1 Å². The van der Waals surface area contributed by atoms with Crippen molar-refractivity contribution in [1.29, 1.82) is 0 Å². The van der Waals surface area contributed by atoms with Crippen molar-refractivity contribution in [3.63, 3.8) is 0 Å². The van der Waals surface area contributed by atoms with Crippen molar-refractivity contribution in [2.45, 2.75) is 245 Å². The Labute approximate surface area is 785 Å². The normalized spacial score (nSPS) is 39.5. The van der Waals surface area contributed by atoms with Gasteiger partial charge in [-0.3, -0.25) is 54.6 Å². The minimum Gasteiger partial charge on any atom is -0.479 e. The number of aliphatic carboxylic acids is 4. The summed E-state index contributed by atoms with van der Waals surface area (Å²) in [6, 6.07) is -12.5. The van der Waals surface area contributed by atoms with Crippen LogP contribution in [0.15, 0.2) is 0 Å². The highest BCUT2D eigenvalue weighted by molar-refractivity contribution is 7.85. The summed E-state index contributed by atoms with van der Waals surface area (Å²) >= 11 is 0. The molecule has 8 aliphatic rings. The molecule has 0 saturated carbocycles. The number of nitrogens with one attached hydrogen (secondary N) is 4. The van der Waals surface area contributed by atoms with E-state index in [1.54, 1.807) is 0 Å². The molecule has 81 nitrogen and oxygen atoms in total. The number of rotatable bonds is 46. The lowest BCUT2D eigenvalue weighted by Gasteiger charge is -2.51. The molecular weight excluding hydrogens is 2250 g/mol. The van der Waals surface area contributed by atoms with Crippen LogP contribution < -0.4 is 18.9 Å². The summed E-state index contributed by atoms with van der Waals surface area (Å²) in [6.45, 7) is -7.97. The predicted octanol–water partition coefficient (Wildman–Crippen LogP) is -21.9. The highest BCUT2D eigenvalue weighted by Gasteiger charge is 2.65. The van der Waals surface area contributed by atoms with Crippen molar-refractivity contribution in [2.75, 3.05) is 26.4 Å². The molecule has 8 aliphatic heterocycles. The van der Waals surface area contributed by atoms with Crippen LogP contribution in [0.3, 0.4) is 0 Å². The fourth-order valence-corrected chi connectivity index (χ4v) is 19.7. The average Bonchev–Trinajstić information content (AvgIpc) is 0.686. The first-order valence-corrected chi connectivity index (χ1v) is 53.1. The van der Waals surface area contributed by atoms with Gasteiger partial charge in [0.1, 0.15) is 146 Å². The number of aliphatic hydroxyl groups is 10. The van der Waals surface area contributed by atoms with Gasteiger partial charge in [0.05, 0.1) is 26.4 Å². The maximum absolute atomic E-state index is 13.5. The Bertz CT molecular complexity index is 5890. The van der Waals surface area contributed by atoms with E-state index in [1.165, 1.54) is 0 Å². The Kier molecular flexibility index (Phi) is 39.7. The summed E-state index contributed by atoms with van der Waals surface area (Å²) in [5.74, 6) is -10.4. The molecule has 0 aromatic heterocycles. The molecule has 93 heteroatoms. The molecule has 40 atom stereocenters. The summed E-state index contributed by atoms with van der Waals surface area (Å²) in [7, 11) is -73.5. The molecule has 8 heterocycles. The zero-order chi connectivity index (χ0) is 107. The molecule has 30 N–H and O–H groups in total. The smallest absolute Gasteiger partial charge is 0.397 e. The van der Waals surface area contributed by atoms with E-state index < -0.39 is 420 Å². The third kappa shape index (κ3) is 34.7. The number of carbonyl (C=O) groups is 4. The van der Waals surface area contributed by atoms with Gasteiger partial charge in [0.15, 0.2) is 99.2 Å². The van der Waals surface area contributed by atoms with Crippen LogP contribution in [0.25, 0.3) is 0 Å². The molecule has 0 amide bonds. The molecule has 0 aliphatic carbocycles. The second-order valence-corrected chi connectivity index (χ2v) is 42.4. The van der Waals surface area contributed by atoms with Gasteiger partial charge in [-0.2, -0.15) is 120 Å². The molecule has 8 fully saturated rings. The molecule has 0 radical (unpaired) electrons. The highest BCUT2D eigenvalue weighted by atomic mass is 32.3. The Balaban J connectivity index is 1.16. The number of aliphatic hydroxyl groups excluding tert-OH is 10. The quantitative estimate of drug-likeness (QED) is 0.0252. The first kappa shape index (κ1) is 122. The molecule has 0 aromatic rings. The van der Waals surface area contributed by atoms with Crippen molar-refractivity contribution in [2.24, 2.45) is 0 Å². The van der Waals surface area contributed by atoms with Gasteiger partial charge in [-0.05, 0) is 0 Å². The van der Waals surface area contributed by atoms with E-state index in [1.807, 2.05) is 0 Å². The van der Waals surface area contributed by atoms with Gasteiger partial charge in [0, 0.05) is 0 Å². The van der Waals surface area contributed by atoms with Gasteiger partial charge in [-0.15, -0.1) is 0 Å². The maximum atomic E-state index is 13.5. The van der Waals surface area contributed by atoms with Crippen LogP contribution in [0, 0.1) is 0 Å². The topological polar surface area (TPSA) is 1260 Å². The van der Waals surface area contributed by atoms with Gasteiger partial charge >= 0.3 is 148 Å². The van der Waals surface area contributed by atoms with E-state index >= 15 is 0 Å². The Morgan fingerprint density at radius 2 is 0.433 bits per heavy atom. The summed E-state index contributed by atoms with van der Waals surface area (Å²) in [4.78, 5) is 52.1.